The van der Waals surface area contributed by atoms with Crippen LogP contribution in [0.15, 0.2) is 36.5 Å². The molecule has 1 aliphatic heterocycles. The van der Waals surface area contributed by atoms with Gasteiger partial charge < -0.3 is 40.3 Å². The van der Waals surface area contributed by atoms with Gasteiger partial charge in [0, 0.05) is 6.42 Å². The van der Waals surface area contributed by atoms with E-state index in [1.165, 1.54) is 6.42 Å². The largest absolute Gasteiger partial charge is 0.394 e. The summed E-state index contributed by atoms with van der Waals surface area (Å²) in [5, 5.41) is 53.1. The Balaban J connectivity index is 2.46. The molecule has 1 rings (SSSR count). The number of unbranched alkanes of at least 4 members (excludes halogenated alkanes) is 8. The Hall–Kier alpha value is -1.59. The van der Waals surface area contributed by atoms with E-state index in [4.69, 9.17) is 9.47 Å². The molecule has 0 spiro atoms. The molecule has 1 amide bonds. The summed E-state index contributed by atoms with van der Waals surface area (Å²) < 4.78 is 11.0. The van der Waals surface area contributed by atoms with Crippen LogP contribution in [0.25, 0.3) is 0 Å². The van der Waals surface area contributed by atoms with Gasteiger partial charge in [-0.1, -0.05) is 88.8 Å². The predicted octanol–water partition coefficient (Wildman–Crippen LogP) is 3.43. The van der Waals surface area contributed by atoms with Crippen LogP contribution < -0.4 is 5.32 Å². The average molecular weight is 570 g/mol. The maximum absolute atomic E-state index is 12.6. The number of hydrogen-bond acceptors (Lipinski definition) is 8. The molecule has 0 saturated carbocycles. The quantitative estimate of drug-likeness (QED) is 0.0858. The Labute approximate surface area is 241 Å². The first-order chi connectivity index (χ1) is 19.3. The molecule has 7 unspecified atom stereocenters. The van der Waals surface area contributed by atoms with E-state index in [2.05, 4.69) is 43.5 Å². The van der Waals surface area contributed by atoms with E-state index in [0.717, 1.165) is 70.6 Å². The third-order valence-corrected chi connectivity index (χ3v) is 6.94. The van der Waals surface area contributed by atoms with Crippen LogP contribution in [0.3, 0.4) is 0 Å². The summed E-state index contributed by atoms with van der Waals surface area (Å²) in [6, 6.07) is -0.804. The monoisotopic (exact) mass is 569 g/mol. The summed E-state index contributed by atoms with van der Waals surface area (Å²) >= 11 is 0. The van der Waals surface area contributed by atoms with E-state index in [9.17, 15) is 30.3 Å². The minimum absolute atomic E-state index is 0.199. The molecule has 40 heavy (non-hydrogen) atoms. The zero-order valence-electron chi connectivity index (χ0n) is 24.6. The Morgan fingerprint density at radius 2 is 1.52 bits per heavy atom. The molecule has 1 heterocycles. The summed E-state index contributed by atoms with van der Waals surface area (Å²) in [5.41, 5.74) is 0. The molecule has 0 aliphatic carbocycles. The maximum atomic E-state index is 12.6. The van der Waals surface area contributed by atoms with Crippen LogP contribution in [-0.4, -0.2) is 87.5 Å². The molecule has 9 nitrogen and oxygen atoms in total. The van der Waals surface area contributed by atoms with Gasteiger partial charge in [-0.2, -0.15) is 0 Å². The highest BCUT2D eigenvalue weighted by molar-refractivity contribution is 5.76. The minimum Gasteiger partial charge on any atom is -0.394 e. The second-order valence-electron chi connectivity index (χ2n) is 10.5. The highest BCUT2D eigenvalue weighted by Crippen LogP contribution is 2.22. The zero-order chi connectivity index (χ0) is 29.6. The first-order valence-corrected chi connectivity index (χ1v) is 15.2. The number of allylic oxidation sites excluding steroid dienone is 5. The van der Waals surface area contributed by atoms with Crippen molar-refractivity contribution in [3.05, 3.63) is 36.5 Å². The number of aliphatic hydroxyl groups is 5. The van der Waals surface area contributed by atoms with E-state index >= 15 is 0 Å². The SMILES string of the molecule is CCC/C=C\C/C=C\CCCCCCCC(=O)NC(COC1OC(CO)C(O)C(O)C1O)C(O)/C=C/CCCC. The minimum atomic E-state index is -1.56. The summed E-state index contributed by atoms with van der Waals surface area (Å²) in [6.45, 7) is 3.48. The Morgan fingerprint density at radius 3 is 2.23 bits per heavy atom. The van der Waals surface area contributed by atoms with Crippen LogP contribution in [0.2, 0.25) is 0 Å². The average Bonchev–Trinajstić information content (AvgIpc) is 2.95. The van der Waals surface area contributed by atoms with Gasteiger partial charge in [0.25, 0.3) is 0 Å². The molecular formula is C31H55NO8. The van der Waals surface area contributed by atoms with Crippen LogP contribution in [0.5, 0.6) is 0 Å². The molecule has 1 fully saturated rings. The Kier molecular flexibility index (Phi) is 21.0. The summed E-state index contributed by atoms with van der Waals surface area (Å²) in [5.74, 6) is -0.206. The molecule has 7 atom stereocenters. The lowest BCUT2D eigenvalue weighted by Crippen LogP contribution is -2.60. The molecule has 1 aliphatic rings. The van der Waals surface area contributed by atoms with Gasteiger partial charge >= 0.3 is 0 Å². The van der Waals surface area contributed by atoms with Crippen molar-refractivity contribution in [2.75, 3.05) is 13.2 Å². The van der Waals surface area contributed by atoms with Crippen LogP contribution in [0, 0.1) is 0 Å². The smallest absolute Gasteiger partial charge is 0.220 e. The zero-order valence-corrected chi connectivity index (χ0v) is 24.6. The lowest BCUT2D eigenvalue weighted by Gasteiger charge is -2.40. The third kappa shape index (κ3) is 15.4. The molecule has 0 aromatic rings. The van der Waals surface area contributed by atoms with Gasteiger partial charge in [0.15, 0.2) is 6.29 Å². The van der Waals surface area contributed by atoms with Crippen molar-refractivity contribution in [3.63, 3.8) is 0 Å². The van der Waals surface area contributed by atoms with Crippen molar-refractivity contribution >= 4 is 5.91 Å². The topological polar surface area (TPSA) is 149 Å². The molecule has 9 heteroatoms. The van der Waals surface area contributed by atoms with Crippen molar-refractivity contribution in [3.8, 4) is 0 Å². The van der Waals surface area contributed by atoms with E-state index in [-0.39, 0.29) is 12.5 Å². The van der Waals surface area contributed by atoms with Crippen LogP contribution in [0.1, 0.15) is 97.3 Å². The second kappa shape index (κ2) is 23.0. The number of nitrogens with one attached hydrogen (secondary N) is 1. The number of amides is 1. The summed E-state index contributed by atoms with van der Waals surface area (Å²) in [7, 11) is 0. The fourth-order valence-corrected chi connectivity index (χ4v) is 4.35. The number of ether oxygens (including phenoxy) is 2. The molecular weight excluding hydrogens is 514 g/mol. The normalized spacial score (nSPS) is 25.2. The van der Waals surface area contributed by atoms with E-state index in [0.29, 0.717) is 6.42 Å². The Bertz CT molecular complexity index is 726. The first-order valence-electron chi connectivity index (χ1n) is 15.2. The van der Waals surface area contributed by atoms with E-state index < -0.39 is 49.5 Å². The van der Waals surface area contributed by atoms with Crippen molar-refractivity contribution < 1.29 is 39.8 Å². The molecule has 0 radical (unpaired) electrons. The van der Waals surface area contributed by atoms with Crippen molar-refractivity contribution in [2.45, 2.75) is 140 Å². The molecule has 232 valence electrons. The number of aliphatic hydroxyl groups excluding tert-OH is 5. The Morgan fingerprint density at radius 1 is 0.850 bits per heavy atom. The summed E-state index contributed by atoms with van der Waals surface area (Å²) in [4.78, 5) is 12.6. The molecule has 1 saturated heterocycles. The van der Waals surface area contributed by atoms with Gasteiger partial charge in [-0.25, -0.2) is 0 Å². The van der Waals surface area contributed by atoms with Crippen molar-refractivity contribution in [1.29, 1.82) is 0 Å². The molecule has 0 aromatic carbocycles. The maximum Gasteiger partial charge on any atom is 0.220 e. The fourth-order valence-electron chi connectivity index (χ4n) is 4.35. The van der Waals surface area contributed by atoms with Gasteiger partial charge in [0.05, 0.1) is 25.4 Å². The lowest BCUT2D eigenvalue weighted by atomic mass is 9.99. The number of rotatable bonds is 22. The second-order valence-corrected chi connectivity index (χ2v) is 10.5. The van der Waals surface area contributed by atoms with Gasteiger partial charge in [-0.05, 0) is 38.5 Å². The lowest BCUT2D eigenvalue weighted by molar-refractivity contribution is -0.302. The third-order valence-electron chi connectivity index (χ3n) is 6.94. The van der Waals surface area contributed by atoms with E-state index in [1.807, 2.05) is 6.08 Å². The van der Waals surface area contributed by atoms with Crippen molar-refractivity contribution in [2.24, 2.45) is 0 Å². The fraction of sp³-hybridized carbons (Fsp3) is 0.774. The number of hydrogen-bond donors (Lipinski definition) is 6. The molecule has 6 N–H and O–H groups in total. The van der Waals surface area contributed by atoms with E-state index in [1.54, 1.807) is 6.08 Å². The van der Waals surface area contributed by atoms with Gasteiger partial charge in [0.1, 0.15) is 24.4 Å². The van der Waals surface area contributed by atoms with Crippen molar-refractivity contribution in [1.82, 2.24) is 5.32 Å². The number of carbonyl (C=O) groups is 1. The van der Waals surface area contributed by atoms with Crippen LogP contribution in [-0.2, 0) is 14.3 Å². The van der Waals surface area contributed by atoms with Gasteiger partial charge in [-0.15, -0.1) is 0 Å². The van der Waals surface area contributed by atoms with Gasteiger partial charge in [0.2, 0.25) is 5.91 Å². The van der Waals surface area contributed by atoms with Gasteiger partial charge in [-0.3, -0.25) is 4.79 Å². The number of carbonyl (C=O) groups excluding carboxylic acids is 1. The van der Waals surface area contributed by atoms with Crippen LogP contribution >= 0.6 is 0 Å². The standard InChI is InChI=1S/C31H55NO8/c1-3-5-7-9-10-11-12-13-14-15-16-17-19-21-27(35)32-24(25(34)20-18-8-6-4-2)23-39-31-30(38)29(37)28(36)26(22-33)40-31/h7,9,11-12,18,20,24-26,28-31,33-34,36-38H,3-6,8,10,13-17,19,21-23H2,1-2H3,(H,32,35)/b9-7-,12-11-,20-18+. The molecule has 0 aromatic heterocycles. The summed E-state index contributed by atoms with van der Waals surface area (Å²) in [6.07, 6.45) is 16.8. The first kappa shape index (κ1) is 36.4. The highest BCUT2D eigenvalue weighted by atomic mass is 16.7. The highest BCUT2D eigenvalue weighted by Gasteiger charge is 2.44. The predicted molar refractivity (Wildman–Crippen MR) is 156 cm³/mol. The van der Waals surface area contributed by atoms with Crippen LogP contribution in [0.4, 0.5) is 0 Å². The molecule has 0 bridgehead atoms.